The van der Waals surface area contributed by atoms with Gasteiger partial charge in [0.25, 0.3) is 5.91 Å². The van der Waals surface area contributed by atoms with E-state index in [4.69, 9.17) is 4.74 Å². The maximum absolute atomic E-state index is 13.0. The summed E-state index contributed by atoms with van der Waals surface area (Å²) in [6, 6.07) is 1.56. The molecule has 0 saturated carbocycles. The summed E-state index contributed by atoms with van der Waals surface area (Å²) in [6.07, 6.45) is 3.15. The Morgan fingerprint density at radius 2 is 1.85 bits per heavy atom. The first kappa shape index (κ1) is 21.0. The van der Waals surface area contributed by atoms with Crippen molar-refractivity contribution in [2.24, 2.45) is 5.41 Å². The van der Waals surface area contributed by atoms with Crippen LogP contribution in [0.25, 0.3) is 0 Å². The standard InChI is InChI=1S/C17H25N3O4S2.ClH/c21-16(19-6-3-17(4-7-19)2-5-18-13-17)15-14(1-12-25-15)26(22,23)20-8-10-24-11-9-20;/h1,12,18H,2-11,13H2;1H. The lowest BCUT2D eigenvalue weighted by atomic mass is 9.78. The Balaban J connectivity index is 0.00000210. The number of amides is 1. The molecule has 1 spiro atoms. The Labute approximate surface area is 170 Å². The van der Waals surface area contributed by atoms with E-state index in [9.17, 15) is 13.2 Å². The zero-order valence-corrected chi connectivity index (χ0v) is 17.6. The SMILES string of the molecule is Cl.O=C(c1sccc1S(=O)(=O)N1CCOCC1)N1CCC2(CCNC2)CC1. The number of sulfonamides is 1. The minimum absolute atomic E-state index is 0. The summed E-state index contributed by atoms with van der Waals surface area (Å²) in [5.41, 5.74) is 0.328. The van der Waals surface area contributed by atoms with Gasteiger partial charge in [-0.15, -0.1) is 23.7 Å². The van der Waals surface area contributed by atoms with Gasteiger partial charge in [0.15, 0.2) is 0 Å². The smallest absolute Gasteiger partial charge is 0.265 e. The first-order valence-electron chi connectivity index (χ1n) is 9.17. The van der Waals surface area contributed by atoms with Crippen LogP contribution in [-0.4, -0.2) is 76.0 Å². The van der Waals surface area contributed by atoms with Crippen molar-refractivity contribution >= 4 is 39.7 Å². The lowest BCUT2D eigenvalue weighted by Gasteiger charge is -2.38. The van der Waals surface area contributed by atoms with Crippen molar-refractivity contribution in [3.8, 4) is 0 Å². The summed E-state index contributed by atoms with van der Waals surface area (Å²) in [4.78, 5) is 15.3. The molecule has 3 fully saturated rings. The highest BCUT2D eigenvalue weighted by Crippen LogP contribution is 2.38. The van der Waals surface area contributed by atoms with Crippen molar-refractivity contribution in [1.82, 2.24) is 14.5 Å². The number of carbonyl (C=O) groups excluding carboxylic acids is 1. The number of hydrogen-bond donors (Lipinski definition) is 1. The first-order chi connectivity index (χ1) is 12.5. The summed E-state index contributed by atoms with van der Waals surface area (Å²) < 4.78 is 32.6. The third-order valence-electron chi connectivity index (χ3n) is 5.85. The maximum atomic E-state index is 13.0. The molecule has 0 unspecified atom stereocenters. The number of morpholine rings is 1. The predicted molar refractivity (Wildman–Crippen MR) is 106 cm³/mol. The molecular formula is C17H26ClN3O4S2. The van der Waals surface area contributed by atoms with Gasteiger partial charge < -0.3 is 15.0 Å². The molecule has 4 rings (SSSR count). The summed E-state index contributed by atoms with van der Waals surface area (Å²) in [5.74, 6) is -0.146. The van der Waals surface area contributed by atoms with Crippen molar-refractivity contribution < 1.29 is 17.9 Å². The number of nitrogens with one attached hydrogen (secondary N) is 1. The van der Waals surface area contributed by atoms with Gasteiger partial charge in [-0.1, -0.05) is 0 Å². The average molecular weight is 436 g/mol. The molecule has 0 aromatic carbocycles. The average Bonchev–Trinajstić information content (AvgIpc) is 3.33. The molecule has 1 amide bonds. The molecule has 3 aliphatic rings. The molecule has 1 aromatic rings. The molecule has 3 aliphatic heterocycles. The van der Waals surface area contributed by atoms with Crippen LogP contribution in [0.3, 0.4) is 0 Å². The van der Waals surface area contributed by atoms with E-state index in [1.54, 1.807) is 11.4 Å². The van der Waals surface area contributed by atoms with E-state index >= 15 is 0 Å². The molecule has 0 radical (unpaired) electrons. The molecule has 1 aromatic heterocycles. The lowest BCUT2D eigenvalue weighted by molar-refractivity contribution is 0.0608. The molecule has 4 heterocycles. The van der Waals surface area contributed by atoms with E-state index < -0.39 is 10.0 Å². The number of ether oxygens (including phenoxy) is 1. The van der Waals surface area contributed by atoms with Crippen LogP contribution in [0.15, 0.2) is 16.3 Å². The zero-order valence-electron chi connectivity index (χ0n) is 15.2. The Kier molecular flexibility index (Phi) is 6.49. The Morgan fingerprint density at radius 3 is 2.48 bits per heavy atom. The number of halogens is 1. The molecule has 1 N–H and O–H groups in total. The fourth-order valence-electron chi connectivity index (χ4n) is 4.13. The van der Waals surface area contributed by atoms with Gasteiger partial charge in [0, 0.05) is 32.7 Å². The number of piperidine rings is 1. The fourth-order valence-corrected chi connectivity index (χ4v) is 6.90. The number of carbonyl (C=O) groups is 1. The maximum Gasteiger partial charge on any atom is 0.265 e. The summed E-state index contributed by atoms with van der Waals surface area (Å²) in [7, 11) is -3.65. The zero-order chi connectivity index (χ0) is 18.2. The number of likely N-dealkylation sites (tertiary alicyclic amines) is 1. The number of nitrogens with zero attached hydrogens (tertiary/aromatic N) is 2. The third kappa shape index (κ3) is 4.04. The minimum Gasteiger partial charge on any atom is -0.379 e. The van der Waals surface area contributed by atoms with E-state index in [1.165, 1.54) is 22.1 Å². The molecule has 152 valence electrons. The van der Waals surface area contributed by atoms with Crippen LogP contribution in [0, 0.1) is 5.41 Å². The molecule has 0 bridgehead atoms. The summed E-state index contributed by atoms with van der Waals surface area (Å²) in [6.45, 7) is 4.97. The molecule has 3 saturated heterocycles. The molecule has 0 aliphatic carbocycles. The third-order valence-corrected chi connectivity index (χ3v) is 8.83. The van der Waals surface area contributed by atoms with E-state index in [1.807, 2.05) is 4.90 Å². The quantitative estimate of drug-likeness (QED) is 0.776. The first-order valence-corrected chi connectivity index (χ1v) is 11.5. The van der Waals surface area contributed by atoms with Gasteiger partial charge in [-0.25, -0.2) is 8.42 Å². The molecule has 0 atom stereocenters. The Hall–Kier alpha value is -0.710. The van der Waals surface area contributed by atoms with Gasteiger partial charge in [-0.2, -0.15) is 4.31 Å². The van der Waals surface area contributed by atoms with Crippen LogP contribution in [-0.2, 0) is 14.8 Å². The van der Waals surface area contributed by atoms with Crippen molar-refractivity contribution in [1.29, 1.82) is 0 Å². The second-order valence-corrected chi connectivity index (χ2v) is 10.2. The highest BCUT2D eigenvalue weighted by Gasteiger charge is 2.39. The van der Waals surface area contributed by atoms with Gasteiger partial charge in [0.1, 0.15) is 9.77 Å². The van der Waals surface area contributed by atoms with Crippen LogP contribution in [0.4, 0.5) is 0 Å². The van der Waals surface area contributed by atoms with Crippen molar-refractivity contribution in [3.63, 3.8) is 0 Å². The van der Waals surface area contributed by atoms with E-state index in [0.717, 1.165) is 25.9 Å². The Bertz CT molecular complexity index is 761. The van der Waals surface area contributed by atoms with Crippen molar-refractivity contribution in [2.45, 2.75) is 24.2 Å². The highest BCUT2D eigenvalue weighted by molar-refractivity contribution is 7.89. The molecule has 27 heavy (non-hydrogen) atoms. The molecule has 10 heteroatoms. The second kappa shape index (κ2) is 8.34. The van der Waals surface area contributed by atoms with Crippen LogP contribution in [0.1, 0.15) is 28.9 Å². The van der Waals surface area contributed by atoms with Crippen molar-refractivity contribution in [2.75, 3.05) is 52.5 Å². The Morgan fingerprint density at radius 1 is 1.15 bits per heavy atom. The van der Waals surface area contributed by atoms with E-state index in [2.05, 4.69) is 5.32 Å². The van der Waals surface area contributed by atoms with Gasteiger partial charge in [-0.05, 0) is 42.7 Å². The fraction of sp³-hybridized carbons (Fsp3) is 0.706. The van der Waals surface area contributed by atoms with Crippen LogP contribution >= 0.6 is 23.7 Å². The van der Waals surface area contributed by atoms with Gasteiger partial charge >= 0.3 is 0 Å². The molecule has 7 nitrogen and oxygen atoms in total. The molecular weight excluding hydrogens is 410 g/mol. The van der Waals surface area contributed by atoms with Gasteiger partial charge in [0.05, 0.1) is 13.2 Å². The van der Waals surface area contributed by atoms with Crippen LogP contribution in [0.5, 0.6) is 0 Å². The lowest BCUT2D eigenvalue weighted by Crippen LogP contribution is -2.44. The van der Waals surface area contributed by atoms with Gasteiger partial charge in [-0.3, -0.25) is 4.79 Å². The summed E-state index contributed by atoms with van der Waals surface area (Å²) in [5, 5.41) is 5.12. The van der Waals surface area contributed by atoms with Gasteiger partial charge in [0.2, 0.25) is 10.0 Å². The minimum atomic E-state index is -3.65. The number of thiophene rings is 1. The van der Waals surface area contributed by atoms with E-state index in [-0.39, 0.29) is 23.2 Å². The summed E-state index contributed by atoms with van der Waals surface area (Å²) >= 11 is 1.23. The normalized spacial score (nSPS) is 23.3. The number of hydrogen-bond acceptors (Lipinski definition) is 6. The monoisotopic (exact) mass is 435 g/mol. The highest BCUT2D eigenvalue weighted by atomic mass is 35.5. The van der Waals surface area contributed by atoms with Crippen LogP contribution < -0.4 is 5.32 Å². The largest absolute Gasteiger partial charge is 0.379 e. The van der Waals surface area contributed by atoms with Crippen molar-refractivity contribution in [3.05, 3.63) is 16.3 Å². The number of rotatable bonds is 3. The van der Waals surface area contributed by atoms with Crippen LogP contribution in [0.2, 0.25) is 0 Å². The topological polar surface area (TPSA) is 79.0 Å². The second-order valence-electron chi connectivity index (χ2n) is 7.35. The predicted octanol–water partition coefficient (Wildman–Crippen LogP) is 1.41. The van der Waals surface area contributed by atoms with E-state index in [0.29, 0.717) is 49.7 Å².